The van der Waals surface area contributed by atoms with Gasteiger partial charge in [-0.25, -0.2) is 10.4 Å². The van der Waals surface area contributed by atoms with Crippen LogP contribution in [0.1, 0.15) is 5.56 Å². The Morgan fingerprint density at radius 2 is 1.86 bits per heavy atom. The molecule has 4 rings (SSSR count). The van der Waals surface area contributed by atoms with Crippen molar-refractivity contribution in [1.29, 1.82) is 0 Å². The Labute approximate surface area is 214 Å². The highest BCUT2D eigenvalue weighted by atomic mass is 79.9. The second-order valence-corrected chi connectivity index (χ2v) is 9.09. The lowest BCUT2D eigenvalue weighted by molar-refractivity contribution is -0.118. The molecule has 0 aliphatic heterocycles. The van der Waals surface area contributed by atoms with Crippen molar-refractivity contribution in [3.63, 3.8) is 0 Å². The molecule has 0 aliphatic rings. The van der Waals surface area contributed by atoms with Crippen molar-refractivity contribution in [2.75, 3.05) is 12.9 Å². The summed E-state index contributed by atoms with van der Waals surface area (Å²) in [6.07, 6.45) is 5.03. The molecule has 0 bridgehead atoms. The quantitative estimate of drug-likeness (QED) is 0.144. The van der Waals surface area contributed by atoms with Crippen molar-refractivity contribution < 1.29 is 9.53 Å². The summed E-state index contributed by atoms with van der Waals surface area (Å²) in [5, 5.41) is 4.88. The zero-order valence-electron chi connectivity index (χ0n) is 18.7. The number of rotatable bonds is 8. The summed E-state index contributed by atoms with van der Waals surface area (Å²) < 4.78 is 7.71. The highest BCUT2D eigenvalue weighted by molar-refractivity contribution is 9.10. The molecule has 1 aromatic heterocycles. The van der Waals surface area contributed by atoms with Crippen molar-refractivity contribution in [3.8, 4) is 11.4 Å². The van der Waals surface area contributed by atoms with E-state index in [1.54, 1.807) is 31.4 Å². The van der Waals surface area contributed by atoms with E-state index in [9.17, 15) is 9.59 Å². The van der Waals surface area contributed by atoms with Gasteiger partial charge in [0.2, 0.25) is 0 Å². The van der Waals surface area contributed by atoms with Crippen molar-refractivity contribution >= 4 is 56.8 Å². The SMILES string of the molecule is COc1ccccc1C=CC=NNC(=O)CSc1nc2ccccc2c(=O)n1-c1ccc(Br)cc1. The van der Waals surface area contributed by atoms with E-state index in [1.165, 1.54) is 22.5 Å². The van der Waals surface area contributed by atoms with Crippen LogP contribution >= 0.6 is 27.7 Å². The van der Waals surface area contributed by atoms with Gasteiger partial charge in [-0.15, -0.1) is 0 Å². The van der Waals surface area contributed by atoms with Crippen LogP contribution in [0.15, 0.2) is 98.4 Å². The normalized spacial score (nSPS) is 11.4. The lowest BCUT2D eigenvalue weighted by Crippen LogP contribution is -2.24. The van der Waals surface area contributed by atoms with Crippen molar-refractivity contribution in [2.45, 2.75) is 5.16 Å². The third-order valence-electron chi connectivity index (χ3n) is 4.93. The molecule has 0 radical (unpaired) electrons. The Morgan fingerprint density at radius 1 is 1.11 bits per heavy atom. The number of nitrogens with one attached hydrogen (secondary N) is 1. The first kappa shape index (κ1) is 24.4. The van der Waals surface area contributed by atoms with Gasteiger partial charge in [0.1, 0.15) is 5.75 Å². The average molecular weight is 549 g/mol. The number of hydrazone groups is 1. The van der Waals surface area contributed by atoms with Crippen LogP contribution in [0.25, 0.3) is 22.7 Å². The van der Waals surface area contributed by atoms with Gasteiger partial charge in [-0.3, -0.25) is 14.2 Å². The zero-order chi connectivity index (χ0) is 24.6. The molecule has 0 saturated carbocycles. The molecule has 0 atom stereocenters. The molecule has 176 valence electrons. The number of para-hydroxylation sites is 2. The lowest BCUT2D eigenvalue weighted by atomic mass is 10.2. The molecule has 35 heavy (non-hydrogen) atoms. The number of halogens is 1. The van der Waals surface area contributed by atoms with Gasteiger partial charge in [-0.1, -0.05) is 58.0 Å². The van der Waals surface area contributed by atoms with E-state index in [4.69, 9.17) is 4.74 Å². The number of hydrogen-bond acceptors (Lipinski definition) is 6. The number of ether oxygens (including phenoxy) is 1. The smallest absolute Gasteiger partial charge is 0.266 e. The van der Waals surface area contributed by atoms with Gasteiger partial charge >= 0.3 is 0 Å². The molecule has 0 spiro atoms. The van der Waals surface area contributed by atoms with Crippen LogP contribution < -0.4 is 15.7 Å². The third kappa shape index (κ3) is 6.06. The summed E-state index contributed by atoms with van der Waals surface area (Å²) in [4.78, 5) is 30.3. The largest absolute Gasteiger partial charge is 0.496 e. The van der Waals surface area contributed by atoms with E-state index in [0.717, 1.165) is 15.8 Å². The number of allylic oxidation sites excluding steroid dienone is 1. The predicted molar refractivity (Wildman–Crippen MR) is 144 cm³/mol. The average Bonchev–Trinajstić information content (AvgIpc) is 2.88. The number of fused-ring (bicyclic) bond motifs is 1. The third-order valence-corrected chi connectivity index (χ3v) is 6.39. The van der Waals surface area contributed by atoms with Crippen LogP contribution in [0, 0.1) is 0 Å². The van der Waals surface area contributed by atoms with Gasteiger partial charge in [0.05, 0.1) is 29.5 Å². The molecule has 0 saturated heterocycles. The highest BCUT2D eigenvalue weighted by Gasteiger charge is 2.14. The molecular formula is C26H21BrN4O3S. The summed E-state index contributed by atoms with van der Waals surface area (Å²) in [5.41, 5.74) is 4.44. The molecule has 0 aliphatic carbocycles. The fourth-order valence-corrected chi connectivity index (χ4v) is 4.36. The molecule has 7 nitrogen and oxygen atoms in total. The molecule has 1 amide bonds. The number of amides is 1. The number of carbonyl (C=O) groups excluding carboxylic acids is 1. The van der Waals surface area contributed by atoms with Crippen LogP contribution in [0.4, 0.5) is 0 Å². The number of carbonyl (C=O) groups is 1. The van der Waals surface area contributed by atoms with Gasteiger partial charge < -0.3 is 4.74 Å². The standard InChI is InChI=1S/C26H21BrN4O3S/c1-34-23-11-5-2-7-18(23)8-6-16-28-30-24(32)17-35-26-29-22-10-4-3-9-21(22)25(33)31(26)20-14-12-19(27)13-15-20/h2-16H,17H2,1H3,(H,30,32). The summed E-state index contributed by atoms with van der Waals surface area (Å²) in [5.74, 6) is 0.466. The molecule has 0 fully saturated rings. The van der Waals surface area contributed by atoms with Gasteiger partial charge in [-0.05, 0) is 54.6 Å². The summed E-state index contributed by atoms with van der Waals surface area (Å²) in [7, 11) is 1.61. The molecule has 4 aromatic rings. The van der Waals surface area contributed by atoms with Crippen LogP contribution in [0.2, 0.25) is 0 Å². The van der Waals surface area contributed by atoms with Gasteiger partial charge in [0.25, 0.3) is 11.5 Å². The first-order valence-corrected chi connectivity index (χ1v) is 12.4. The number of aromatic nitrogens is 2. The number of hydrogen-bond donors (Lipinski definition) is 1. The Bertz CT molecular complexity index is 1470. The first-order valence-electron chi connectivity index (χ1n) is 10.6. The van der Waals surface area contributed by atoms with E-state index in [2.05, 4.69) is 31.4 Å². The Hall–Kier alpha value is -3.69. The first-order chi connectivity index (χ1) is 17.1. The van der Waals surface area contributed by atoms with E-state index < -0.39 is 0 Å². The van der Waals surface area contributed by atoms with Crippen LogP contribution in [0.5, 0.6) is 5.75 Å². The van der Waals surface area contributed by atoms with Crippen LogP contribution in [0.3, 0.4) is 0 Å². The second kappa shape index (κ2) is 11.6. The van der Waals surface area contributed by atoms with Crippen molar-refractivity contribution in [3.05, 3.63) is 99.3 Å². The monoisotopic (exact) mass is 548 g/mol. The van der Waals surface area contributed by atoms with Gasteiger partial charge in [0.15, 0.2) is 5.16 Å². The van der Waals surface area contributed by atoms with E-state index in [1.807, 2.05) is 60.7 Å². The summed E-state index contributed by atoms with van der Waals surface area (Å²) in [6.45, 7) is 0. The van der Waals surface area contributed by atoms with Gasteiger partial charge in [0, 0.05) is 16.3 Å². The molecule has 3 aromatic carbocycles. The molecule has 9 heteroatoms. The minimum absolute atomic E-state index is 0.0366. The fraction of sp³-hybridized carbons (Fsp3) is 0.0769. The minimum atomic E-state index is -0.318. The maximum Gasteiger partial charge on any atom is 0.266 e. The number of benzene rings is 3. The van der Waals surface area contributed by atoms with Gasteiger partial charge in [-0.2, -0.15) is 5.10 Å². The minimum Gasteiger partial charge on any atom is -0.496 e. The lowest BCUT2D eigenvalue weighted by Gasteiger charge is -2.13. The van der Waals surface area contributed by atoms with E-state index >= 15 is 0 Å². The van der Waals surface area contributed by atoms with Crippen LogP contribution in [-0.2, 0) is 4.79 Å². The summed E-state index contributed by atoms with van der Waals surface area (Å²) >= 11 is 4.58. The number of methoxy groups -OCH3 is 1. The Balaban J connectivity index is 1.47. The topological polar surface area (TPSA) is 85.6 Å². The van der Waals surface area contributed by atoms with E-state index in [0.29, 0.717) is 21.7 Å². The number of thioether (sulfide) groups is 1. The molecule has 0 unspecified atom stereocenters. The van der Waals surface area contributed by atoms with Crippen molar-refractivity contribution in [2.24, 2.45) is 5.10 Å². The fourth-order valence-electron chi connectivity index (χ4n) is 3.29. The zero-order valence-corrected chi connectivity index (χ0v) is 21.1. The Kier molecular flexibility index (Phi) is 8.12. The van der Waals surface area contributed by atoms with E-state index in [-0.39, 0.29) is 17.2 Å². The highest BCUT2D eigenvalue weighted by Crippen LogP contribution is 2.22. The molecule has 1 heterocycles. The van der Waals surface area contributed by atoms with Crippen molar-refractivity contribution in [1.82, 2.24) is 15.0 Å². The second-order valence-electron chi connectivity index (χ2n) is 7.23. The summed E-state index contributed by atoms with van der Waals surface area (Å²) in [6, 6.07) is 22.1. The predicted octanol–water partition coefficient (Wildman–Crippen LogP) is 5.06. The maximum absolute atomic E-state index is 13.2. The molecular weight excluding hydrogens is 528 g/mol. The Morgan fingerprint density at radius 3 is 2.66 bits per heavy atom. The molecule has 1 N–H and O–H groups in total. The van der Waals surface area contributed by atoms with Crippen LogP contribution in [-0.4, -0.2) is 34.5 Å². The maximum atomic E-state index is 13.2. The number of nitrogens with zero attached hydrogens (tertiary/aromatic N) is 3.